The first-order valence-corrected chi connectivity index (χ1v) is 10.0. The van der Waals surface area contributed by atoms with Crippen LogP contribution in [0.5, 0.6) is 5.75 Å². The second-order valence-electron chi connectivity index (χ2n) is 7.79. The minimum absolute atomic E-state index is 0.00525. The second-order valence-corrected chi connectivity index (χ2v) is 8.63. The first-order chi connectivity index (χ1) is 13.8. The minimum Gasteiger partial charge on any atom is -0.484 e. The molecular weight excluding hydrogens is 418 g/mol. The zero-order chi connectivity index (χ0) is 20.6. The molecule has 0 aromatic heterocycles. The standard InChI is InChI=1S/C21H19Cl2FN2O3/c22-13-1-3-14(4-2-13)25-19(28)20-7-8-21(11-20,12-20)26-18(27)10-29-15-5-6-16(23)17(24)9-15/h1-6,9H,7-8,10-12H2,(H,25,28)(H,26,27). The summed E-state index contributed by atoms with van der Waals surface area (Å²) in [6, 6.07) is 11.0. The fourth-order valence-electron chi connectivity index (χ4n) is 4.35. The Kier molecular flexibility index (Phi) is 5.17. The summed E-state index contributed by atoms with van der Waals surface area (Å²) in [4.78, 5) is 25.0. The quantitative estimate of drug-likeness (QED) is 0.696. The summed E-state index contributed by atoms with van der Waals surface area (Å²) < 4.78 is 18.8. The molecule has 152 valence electrons. The first-order valence-electron chi connectivity index (χ1n) is 9.25. The molecule has 2 aromatic carbocycles. The zero-order valence-electron chi connectivity index (χ0n) is 15.4. The van der Waals surface area contributed by atoms with Gasteiger partial charge in [0, 0.05) is 22.3 Å². The van der Waals surface area contributed by atoms with Gasteiger partial charge in [-0.25, -0.2) is 4.39 Å². The van der Waals surface area contributed by atoms with Crippen LogP contribution in [-0.4, -0.2) is 24.0 Å². The third-order valence-corrected chi connectivity index (χ3v) is 6.24. The largest absolute Gasteiger partial charge is 0.484 e. The van der Waals surface area contributed by atoms with E-state index in [0.717, 1.165) is 18.9 Å². The average Bonchev–Trinajstić information content (AvgIpc) is 3.21. The molecule has 5 rings (SSSR count). The van der Waals surface area contributed by atoms with Crippen LogP contribution in [-0.2, 0) is 9.59 Å². The van der Waals surface area contributed by atoms with E-state index < -0.39 is 11.2 Å². The van der Waals surface area contributed by atoms with Gasteiger partial charge in [-0.05, 0) is 62.1 Å². The number of fused-ring (bicyclic) bond motifs is 1. The molecule has 0 spiro atoms. The number of nitrogens with one attached hydrogen (secondary N) is 2. The van der Waals surface area contributed by atoms with E-state index in [1.807, 2.05) is 0 Å². The van der Waals surface area contributed by atoms with Gasteiger partial charge in [0.1, 0.15) is 11.6 Å². The van der Waals surface area contributed by atoms with Gasteiger partial charge in [-0.1, -0.05) is 23.2 Å². The van der Waals surface area contributed by atoms with Crippen LogP contribution in [0.3, 0.4) is 0 Å². The molecule has 2 aromatic rings. The molecule has 8 heteroatoms. The van der Waals surface area contributed by atoms with E-state index in [9.17, 15) is 14.0 Å². The molecule has 5 nitrogen and oxygen atoms in total. The van der Waals surface area contributed by atoms with Crippen molar-refractivity contribution < 1.29 is 18.7 Å². The zero-order valence-corrected chi connectivity index (χ0v) is 16.9. The van der Waals surface area contributed by atoms with Gasteiger partial charge in [0.15, 0.2) is 6.61 Å². The number of benzene rings is 2. The molecule has 0 aliphatic heterocycles. The van der Waals surface area contributed by atoms with Crippen LogP contribution >= 0.6 is 23.2 Å². The summed E-state index contributed by atoms with van der Waals surface area (Å²) in [7, 11) is 0. The van der Waals surface area contributed by atoms with Gasteiger partial charge in [-0.3, -0.25) is 9.59 Å². The van der Waals surface area contributed by atoms with Crippen molar-refractivity contribution in [3.05, 3.63) is 58.3 Å². The monoisotopic (exact) mass is 436 g/mol. The highest BCUT2D eigenvalue weighted by molar-refractivity contribution is 6.31. The number of amides is 2. The van der Waals surface area contributed by atoms with E-state index in [2.05, 4.69) is 10.6 Å². The van der Waals surface area contributed by atoms with E-state index in [1.54, 1.807) is 24.3 Å². The number of carbonyl (C=O) groups excluding carboxylic acids is 2. The van der Waals surface area contributed by atoms with Gasteiger partial charge in [0.25, 0.3) is 5.91 Å². The normalized spacial score (nSPS) is 24.5. The lowest BCUT2D eigenvalue weighted by Gasteiger charge is -2.46. The molecule has 29 heavy (non-hydrogen) atoms. The maximum atomic E-state index is 13.4. The molecule has 3 saturated carbocycles. The Morgan fingerprint density at radius 3 is 2.48 bits per heavy atom. The number of hydrogen-bond acceptors (Lipinski definition) is 3. The number of halogens is 3. The highest BCUT2D eigenvalue weighted by Gasteiger charge is 2.64. The molecule has 3 fully saturated rings. The Hall–Kier alpha value is -2.31. The maximum Gasteiger partial charge on any atom is 0.258 e. The first kappa shape index (κ1) is 20.0. The molecule has 2 amide bonds. The van der Waals surface area contributed by atoms with Crippen LogP contribution in [0.25, 0.3) is 0 Å². The Morgan fingerprint density at radius 1 is 1.07 bits per heavy atom. The van der Waals surface area contributed by atoms with Crippen molar-refractivity contribution in [3.63, 3.8) is 0 Å². The van der Waals surface area contributed by atoms with Crippen LogP contribution in [0.15, 0.2) is 42.5 Å². The smallest absolute Gasteiger partial charge is 0.258 e. The highest BCUT2D eigenvalue weighted by atomic mass is 35.5. The average molecular weight is 437 g/mol. The lowest BCUT2D eigenvalue weighted by molar-refractivity contribution is -0.134. The van der Waals surface area contributed by atoms with Crippen molar-refractivity contribution in [2.24, 2.45) is 5.41 Å². The van der Waals surface area contributed by atoms with Gasteiger partial charge in [-0.2, -0.15) is 0 Å². The molecule has 2 bridgehead atoms. The second kappa shape index (κ2) is 7.50. The molecule has 3 aliphatic rings. The SMILES string of the molecule is O=C(COc1ccc(Cl)c(F)c1)NC12CCC(C(=O)Nc3ccc(Cl)cc3)(C1)C2. The van der Waals surface area contributed by atoms with Crippen LogP contribution in [0, 0.1) is 11.2 Å². The summed E-state index contributed by atoms with van der Waals surface area (Å²) in [6.07, 6.45) is 2.65. The van der Waals surface area contributed by atoms with E-state index >= 15 is 0 Å². The van der Waals surface area contributed by atoms with Crippen molar-refractivity contribution in [2.75, 3.05) is 11.9 Å². The molecule has 0 unspecified atom stereocenters. The van der Waals surface area contributed by atoms with Crippen molar-refractivity contribution in [1.82, 2.24) is 5.32 Å². The lowest BCUT2D eigenvalue weighted by Crippen LogP contribution is -2.59. The molecule has 3 aliphatic carbocycles. The topological polar surface area (TPSA) is 67.4 Å². The van der Waals surface area contributed by atoms with E-state index in [0.29, 0.717) is 23.6 Å². The van der Waals surface area contributed by atoms with E-state index in [-0.39, 0.29) is 34.7 Å². The molecule has 0 heterocycles. The summed E-state index contributed by atoms with van der Waals surface area (Å²) in [6.45, 7) is -0.229. The summed E-state index contributed by atoms with van der Waals surface area (Å²) in [5.41, 5.74) is -0.123. The van der Waals surface area contributed by atoms with Gasteiger partial charge >= 0.3 is 0 Å². The van der Waals surface area contributed by atoms with Gasteiger partial charge in [-0.15, -0.1) is 0 Å². The van der Waals surface area contributed by atoms with Crippen LogP contribution in [0.4, 0.5) is 10.1 Å². The van der Waals surface area contributed by atoms with Crippen molar-refractivity contribution in [3.8, 4) is 5.75 Å². The third-order valence-electron chi connectivity index (χ3n) is 5.69. The number of ether oxygens (including phenoxy) is 1. The van der Waals surface area contributed by atoms with E-state index in [1.165, 1.54) is 12.1 Å². The number of rotatable bonds is 6. The van der Waals surface area contributed by atoms with Crippen molar-refractivity contribution in [2.45, 2.75) is 31.2 Å². The Labute approximate surface area is 177 Å². The fourth-order valence-corrected chi connectivity index (χ4v) is 4.59. The molecule has 0 atom stereocenters. The Balaban J connectivity index is 1.29. The summed E-state index contributed by atoms with van der Waals surface area (Å²) in [5, 5.41) is 6.52. The third kappa shape index (κ3) is 4.05. The Bertz CT molecular complexity index is 959. The van der Waals surface area contributed by atoms with Crippen LogP contribution < -0.4 is 15.4 Å². The summed E-state index contributed by atoms with van der Waals surface area (Å²) >= 11 is 11.5. The predicted octanol–water partition coefficient (Wildman–Crippen LogP) is 4.58. The van der Waals surface area contributed by atoms with Crippen molar-refractivity contribution >= 4 is 40.7 Å². The number of anilines is 1. The Morgan fingerprint density at radius 2 is 1.79 bits per heavy atom. The molecule has 2 N–H and O–H groups in total. The number of carbonyl (C=O) groups is 2. The lowest BCUT2D eigenvalue weighted by atomic mass is 9.64. The predicted molar refractivity (Wildman–Crippen MR) is 109 cm³/mol. The molecular formula is C21H19Cl2FN2O3. The van der Waals surface area contributed by atoms with Gasteiger partial charge in [0.2, 0.25) is 5.91 Å². The fraction of sp³-hybridized carbons (Fsp3) is 0.333. The highest BCUT2D eigenvalue weighted by Crippen LogP contribution is 2.61. The number of hydrogen-bond donors (Lipinski definition) is 2. The summed E-state index contributed by atoms with van der Waals surface area (Å²) in [5.74, 6) is -0.699. The van der Waals surface area contributed by atoms with Gasteiger partial charge in [0.05, 0.1) is 10.4 Å². The van der Waals surface area contributed by atoms with Crippen LogP contribution in [0.2, 0.25) is 10.0 Å². The molecule has 0 saturated heterocycles. The minimum atomic E-state index is -0.602. The van der Waals surface area contributed by atoms with E-state index in [4.69, 9.17) is 27.9 Å². The van der Waals surface area contributed by atoms with Crippen LogP contribution in [0.1, 0.15) is 25.7 Å². The van der Waals surface area contributed by atoms with Crippen molar-refractivity contribution in [1.29, 1.82) is 0 Å². The van der Waals surface area contributed by atoms with Gasteiger partial charge < -0.3 is 15.4 Å². The molecule has 0 radical (unpaired) electrons. The maximum absolute atomic E-state index is 13.4.